The van der Waals surface area contributed by atoms with Gasteiger partial charge in [0.15, 0.2) is 5.76 Å². The van der Waals surface area contributed by atoms with Crippen molar-refractivity contribution in [2.75, 3.05) is 27.2 Å². The number of nitrogens with zero attached hydrogens (tertiary/aromatic N) is 4. The van der Waals surface area contributed by atoms with Gasteiger partial charge in [0.2, 0.25) is 0 Å². The normalized spacial score (nSPS) is 12.3. The van der Waals surface area contributed by atoms with Crippen molar-refractivity contribution in [2.45, 2.75) is 0 Å². The van der Waals surface area contributed by atoms with Crippen LogP contribution in [0.5, 0.6) is 5.75 Å². The smallest absolute Gasteiger partial charge is 0.155 e. The summed E-state index contributed by atoms with van der Waals surface area (Å²) in [4.78, 5) is 6.47. The fraction of sp³-hybridized carbons (Fsp3) is 0.200. The maximum atomic E-state index is 9.50. The van der Waals surface area contributed by atoms with Crippen molar-refractivity contribution < 1.29 is 14.4 Å². The van der Waals surface area contributed by atoms with Crippen molar-refractivity contribution in [2.24, 2.45) is 5.16 Å². The van der Waals surface area contributed by atoms with Crippen LogP contribution in [0.3, 0.4) is 0 Å². The molecule has 0 atom stereocenters. The summed E-state index contributed by atoms with van der Waals surface area (Å²) in [7, 11) is 3.98. The summed E-state index contributed by atoms with van der Waals surface area (Å²) in [5.41, 5.74) is 2.26. The van der Waals surface area contributed by atoms with E-state index < -0.39 is 0 Å². The first-order valence-corrected chi connectivity index (χ1v) is 8.61. The Hall–Kier alpha value is -3.32. The van der Waals surface area contributed by atoms with Crippen molar-refractivity contribution in [3.8, 4) is 17.2 Å². The lowest BCUT2D eigenvalue weighted by Gasteiger charge is -2.11. The van der Waals surface area contributed by atoms with E-state index in [9.17, 15) is 5.21 Å². The molecule has 3 heterocycles. The Balaban J connectivity index is 1.74. The molecule has 0 fully saturated rings. The van der Waals surface area contributed by atoms with Gasteiger partial charge in [0.25, 0.3) is 0 Å². The van der Waals surface area contributed by atoms with Gasteiger partial charge in [-0.25, -0.2) is 4.98 Å². The Labute approximate surface area is 155 Å². The van der Waals surface area contributed by atoms with Crippen LogP contribution < -0.4 is 10.1 Å². The Morgan fingerprint density at radius 1 is 1.22 bits per heavy atom. The summed E-state index contributed by atoms with van der Waals surface area (Å²) in [6.45, 7) is 1.38. The minimum absolute atomic E-state index is 0.404. The van der Waals surface area contributed by atoms with Crippen molar-refractivity contribution in [1.82, 2.24) is 14.3 Å². The highest BCUT2D eigenvalue weighted by Gasteiger charge is 2.10. The van der Waals surface area contributed by atoms with E-state index in [-0.39, 0.29) is 0 Å². The molecule has 0 radical (unpaired) electrons. The summed E-state index contributed by atoms with van der Waals surface area (Å²) in [6.07, 6.45) is 3.65. The molecule has 7 nitrogen and oxygen atoms in total. The SMILES string of the molecule is CN(C)CCOc1ccc2oc(-c3cc4cccn4cn3)cc(=NO)c2c1. The van der Waals surface area contributed by atoms with E-state index in [0.717, 1.165) is 12.1 Å². The van der Waals surface area contributed by atoms with Gasteiger partial charge in [0, 0.05) is 24.3 Å². The molecular formula is C20H20N4O3. The van der Waals surface area contributed by atoms with Gasteiger partial charge in [-0.15, -0.1) is 0 Å². The minimum atomic E-state index is 0.404. The second kappa shape index (κ2) is 7.13. The molecule has 0 saturated heterocycles. The molecule has 0 unspecified atom stereocenters. The standard InChI is InChI=1S/C20H20N4O3/c1-23(2)8-9-26-15-5-6-19-16(11-15)17(22-25)12-20(27-19)18-10-14-4-3-7-24(14)13-21-18/h3-7,10-13,25H,8-9H2,1-2H3. The number of likely N-dealkylation sites (N-methyl/N-ethyl adjacent to an activating group) is 1. The number of rotatable bonds is 5. The fourth-order valence-electron chi connectivity index (χ4n) is 2.86. The molecule has 0 saturated carbocycles. The molecule has 0 spiro atoms. The molecule has 4 rings (SSSR count). The molecule has 1 N–H and O–H groups in total. The van der Waals surface area contributed by atoms with Gasteiger partial charge in [0.05, 0.1) is 11.7 Å². The van der Waals surface area contributed by atoms with Gasteiger partial charge in [0.1, 0.15) is 29.0 Å². The van der Waals surface area contributed by atoms with Crippen molar-refractivity contribution in [3.63, 3.8) is 0 Å². The summed E-state index contributed by atoms with van der Waals surface area (Å²) in [6, 6.07) is 13.0. The molecule has 0 aliphatic carbocycles. The molecule has 3 aromatic heterocycles. The molecule has 138 valence electrons. The molecule has 0 aliphatic rings. The lowest BCUT2D eigenvalue weighted by molar-refractivity contribution is 0.261. The highest BCUT2D eigenvalue weighted by Crippen LogP contribution is 2.24. The van der Waals surface area contributed by atoms with Crippen LogP contribution in [0, 0.1) is 0 Å². The van der Waals surface area contributed by atoms with Crippen LogP contribution in [0.1, 0.15) is 0 Å². The zero-order valence-corrected chi connectivity index (χ0v) is 15.2. The topological polar surface area (TPSA) is 75.5 Å². The quantitative estimate of drug-likeness (QED) is 0.435. The summed E-state index contributed by atoms with van der Waals surface area (Å²) >= 11 is 0. The van der Waals surface area contributed by atoms with Gasteiger partial charge < -0.3 is 23.7 Å². The largest absolute Gasteiger partial charge is 0.492 e. The van der Waals surface area contributed by atoms with Crippen LogP contribution in [0.25, 0.3) is 27.9 Å². The molecule has 0 aliphatic heterocycles. The number of benzene rings is 1. The second-order valence-electron chi connectivity index (χ2n) is 6.52. The zero-order chi connectivity index (χ0) is 18.8. The van der Waals surface area contributed by atoms with E-state index in [0.29, 0.717) is 40.1 Å². The van der Waals surface area contributed by atoms with E-state index in [1.807, 2.05) is 66.0 Å². The third-order valence-electron chi connectivity index (χ3n) is 4.30. The van der Waals surface area contributed by atoms with Crippen LogP contribution in [0.15, 0.2) is 64.6 Å². The van der Waals surface area contributed by atoms with E-state index in [1.165, 1.54) is 0 Å². The molecular weight excluding hydrogens is 344 g/mol. The monoisotopic (exact) mass is 364 g/mol. The Morgan fingerprint density at radius 3 is 2.93 bits per heavy atom. The second-order valence-corrected chi connectivity index (χ2v) is 6.52. The number of fused-ring (bicyclic) bond motifs is 2. The lowest BCUT2D eigenvalue weighted by atomic mass is 10.2. The predicted molar refractivity (Wildman–Crippen MR) is 102 cm³/mol. The first-order valence-electron chi connectivity index (χ1n) is 8.61. The van der Waals surface area contributed by atoms with Gasteiger partial charge >= 0.3 is 0 Å². The summed E-state index contributed by atoms with van der Waals surface area (Å²) in [5.74, 6) is 1.23. The van der Waals surface area contributed by atoms with Gasteiger partial charge in [-0.2, -0.15) is 0 Å². The molecule has 1 aromatic carbocycles. The highest BCUT2D eigenvalue weighted by atomic mass is 16.5. The number of aromatic nitrogens is 2. The third kappa shape index (κ3) is 3.50. The van der Waals surface area contributed by atoms with E-state index in [1.54, 1.807) is 12.4 Å². The molecule has 27 heavy (non-hydrogen) atoms. The Bertz CT molecular complexity index is 1160. The van der Waals surface area contributed by atoms with Gasteiger partial charge in [-0.3, -0.25) is 0 Å². The van der Waals surface area contributed by atoms with Crippen LogP contribution >= 0.6 is 0 Å². The molecule has 7 heteroatoms. The number of ether oxygens (including phenoxy) is 1. The van der Waals surface area contributed by atoms with Crippen molar-refractivity contribution in [1.29, 1.82) is 0 Å². The van der Waals surface area contributed by atoms with Crippen LogP contribution in [-0.2, 0) is 0 Å². The van der Waals surface area contributed by atoms with Crippen LogP contribution in [0.4, 0.5) is 0 Å². The minimum Gasteiger partial charge on any atom is -0.492 e. The Kier molecular flexibility index (Phi) is 4.52. The first kappa shape index (κ1) is 17.1. The molecule has 0 amide bonds. The fourth-order valence-corrected chi connectivity index (χ4v) is 2.86. The third-order valence-corrected chi connectivity index (χ3v) is 4.30. The highest BCUT2D eigenvalue weighted by molar-refractivity contribution is 5.80. The van der Waals surface area contributed by atoms with Crippen molar-refractivity contribution >= 4 is 16.5 Å². The number of hydrogen-bond acceptors (Lipinski definition) is 6. The first-order chi connectivity index (χ1) is 13.1. The number of hydrogen-bond donors (Lipinski definition) is 1. The average molecular weight is 364 g/mol. The summed E-state index contributed by atoms with van der Waals surface area (Å²) in [5, 5.41) is 14.0. The van der Waals surface area contributed by atoms with E-state index in [4.69, 9.17) is 9.15 Å². The lowest BCUT2D eigenvalue weighted by Crippen LogP contribution is -2.19. The maximum Gasteiger partial charge on any atom is 0.155 e. The molecule has 0 bridgehead atoms. The van der Waals surface area contributed by atoms with Crippen LogP contribution in [0.2, 0.25) is 0 Å². The zero-order valence-electron chi connectivity index (χ0n) is 15.2. The Morgan fingerprint density at radius 2 is 2.11 bits per heavy atom. The average Bonchev–Trinajstić information content (AvgIpc) is 3.14. The van der Waals surface area contributed by atoms with Crippen molar-refractivity contribution in [3.05, 3.63) is 60.3 Å². The predicted octanol–water partition coefficient (Wildman–Crippen LogP) is 2.98. The van der Waals surface area contributed by atoms with E-state index in [2.05, 4.69) is 10.1 Å². The van der Waals surface area contributed by atoms with Gasteiger partial charge in [-0.1, -0.05) is 5.16 Å². The van der Waals surface area contributed by atoms with Crippen LogP contribution in [-0.4, -0.2) is 46.7 Å². The summed E-state index contributed by atoms with van der Waals surface area (Å²) < 4.78 is 13.7. The molecule has 4 aromatic rings. The maximum absolute atomic E-state index is 9.50. The van der Waals surface area contributed by atoms with E-state index >= 15 is 0 Å². The van der Waals surface area contributed by atoms with Gasteiger partial charge in [-0.05, 0) is 50.5 Å².